The van der Waals surface area contributed by atoms with E-state index in [1.807, 2.05) is 41.9 Å². The molecule has 1 amide bonds. The minimum absolute atomic E-state index is 0.0298. The summed E-state index contributed by atoms with van der Waals surface area (Å²) in [7, 11) is 0. The average molecular weight is 299 g/mol. The van der Waals surface area contributed by atoms with E-state index < -0.39 is 6.10 Å². The minimum Gasteiger partial charge on any atom is -0.391 e. The van der Waals surface area contributed by atoms with Crippen LogP contribution in [-0.4, -0.2) is 44.9 Å². The van der Waals surface area contributed by atoms with E-state index in [2.05, 4.69) is 5.10 Å². The molecule has 22 heavy (non-hydrogen) atoms. The second-order valence-electron chi connectivity index (χ2n) is 5.65. The molecule has 1 aromatic heterocycles. The summed E-state index contributed by atoms with van der Waals surface area (Å²) < 4.78 is 1.83. The molecule has 5 nitrogen and oxygen atoms in total. The molecule has 2 aromatic rings. The maximum absolute atomic E-state index is 12.7. The topological polar surface area (TPSA) is 58.4 Å². The summed E-state index contributed by atoms with van der Waals surface area (Å²) in [5.41, 5.74) is 2.51. The third kappa shape index (κ3) is 2.76. The van der Waals surface area contributed by atoms with Crippen molar-refractivity contribution >= 4 is 5.91 Å². The van der Waals surface area contributed by atoms with E-state index in [0.29, 0.717) is 18.7 Å². The predicted molar refractivity (Wildman–Crippen MR) is 84.1 cm³/mol. The molecule has 0 saturated carbocycles. The van der Waals surface area contributed by atoms with Crippen LogP contribution < -0.4 is 0 Å². The monoisotopic (exact) mass is 299 g/mol. The predicted octanol–water partition coefficient (Wildman–Crippen LogP) is 2.03. The van der Waals surface area contributed by atoms with E-state index >= 15 is 0 Å². The van der Waals surface area contributed by atoms with Gasteiger partial charge in [0.2, 0.25) is 0 Å². The van der Waals surface area contributed by atoms with Crippen LogP contribution in [0.15, 0.2) is 36.5 Å². The molecular weight excluding hydrogens is 278 g/mol. The molecule has 1 aliphatic heterocycles. The van der Waals surface area contributed by atoms with Gasteiger partial charge in [-0.25, -0.2) is 4.68 Å². The van der Waals surface area contributed by atoms with Crippen LogP contribution in [0.5, 0.6) is 0 Å². The molecule has 5 heteroatoms. The van der Waals surface area contributed by atoms with Crippen LogP contribution in [0.2, 0.25) is 0 Å². The fraction of sp³-hybridized carbons (Fsp3) is 0.412. The maximum Gasteiger partial charge on any atom is 0.257 e. The molecule has 1 N–H and O–H groups in total. The van der Waals surface area contributed by atoms with Crippen molar-refractivity contribution in [3.8, 4) is 5.69 Å². The van der Waals surface area contributed by atoms with Gasteiger partial charge in [0.15, 0.2) is 0 Å². The zero-order valence-electron chi connectivity index (χ0n) is 12.8. The second kappa shape index (κ2) is 6.32. The largest absolute Gasteiger partial charge is 0.391 e. The number of rotatable bonds is 3. The number of carbonyl (C=O) groups excluding carboxylic acids is 1. The average Bonchev–Trinajstić information content (AvgIpc) is 2.98. The Bertz CT molecular complexity index is 651. The summed E-state index contributed by atoms with van der Waals surface area (Å²) >= 11 is 0. The lowest BCUT2D eigenvalue weighted by atomic mass is 10.1. The lowest BCUT2D eigenvalue weighted by Gasteiger charge is -2.30. The molecule has 116 valence electrons. The van der Waals surface area contributed by atoms with Gasteiger partial charge in [-0.05, 0) is 31.4 Å². The van der Waals surface area contributed by atoms with Gasteiger partial charge >= 0.3 is 0 Å². The normalized spacial score (nSPS) is 18.5. The number of aliphatic hydroxyl groups is 1. The number of carbonyl (C=O) groups is 1. The Balaban J connectivity index is 1.91. The van der Waals surface area contributed by atoms with Crippen molar-refractivity contribution in [3.63, 3.8) is 0 Å². The highest BCUT2D eigenvalue weighted by atomic mass is 16.3. The van der Waals surface area contributed by atoms with Gasteiger partial charge in [0.25, 0.3) is 5.91 Å². The summed E-state index contributed by atoms with van der Waals surface area (Å²) in [5.74, 6) is -0.0298. The van der Waals surface area contributed by atoms with Crippen molar-refractivity contribution in [2.45, 2.75) is 32.3 Å². The molecule has 1 saturated heterocycles. The summed E-state index contributed by atoms with van der Waals surface area (Å²) in [6.07, 6.45) is 3.59. The fourth-order valence-electron chi connectivity index (χ4n) is 2.99. The lowest BCUT2D eigenvalue weighted by Crippen LogP contribution is -2.42. The highest BCUT2D eigenvalue weighted by Crippen LogP contribution is 2.19. The number of aliphatic hydroxyl groups excluding tert-OH is 1. The van der Waals surface area contributed by atoms with Crippen LogP contribution >= 0.6 is 0 Å². The molecule has 3 rings (SSSR count). The first-order valence-corrected chi connectivity index (χ1v) is 7.80. The van der Waals surface area contributed by atoms with Crippen LogP contribution in [-0.2, 0) is 6.42 Å². The van der Waals surface area contributed by atoms with Gasteiger partial charge in [0.1, 0.15) is 0 Å². The Morgan fingerprint density at radius 3 is 2.82 bits per heavy atom. The van der Waals surface area contributed by atoms with Crippen molar-refractivity contribution in [2.24, 2.45) is 0 Å². The molecule has 1 fully saturated rings. The number of hydrogen-bond donors (Lipinski definition) is 1. The van der Waals surface area contributed by atoms with Crippen LogP contribution in [0.4, 0.5) is 0 Å². The first-order chi connectivity index (χ1) is 10.7. The fourth-order valence-corrected chi connectivity index (χ4v) is 2.99. The van der Waals surface area contributed by atoms with Gasteiger partial charge in [0.05, 0.1) is 29.2 Å². The van der Waals surface area contributed by atoms with Gasteiger partial charge in [-0.15, -0.1) is 0 Å². The maximum atomic E-state index is 12.7. The molecular formula is C17H21N3O2. The van der Waals surface area contributed by atoms with Crippen molar-refractivity contribution in [3.05, 3.63) is 47.8 Å². The van der Waals surface area contributed by atoms with E-state index in [4.69, 9.17) is 0 Å². The van der Waals surface area contributed by atoms with E-state index in [0.717, 1.165) is 30.6 Å². The number of piperidine rings is 1. The Hall–Kier alpha value is -2.14. The van der Waals surface area contributed by atoms with Crippen LogP contribution in [0.25, 0.3) is 5.69 Å². The number of hydrogen-bond acceptors (Lipinski definition) is 3. The SMILES string of the molecule is CCc1c(C(=O)N2CCCC(O)C2)cnn1-c1ccccc1. The number of para-hydroxylation sites is 1. The lowest BCUT2D eigenvalue weighted by molar-refractivity contribution is 0.0473. The molecule has 1 aromatic carbocycles. The zero-order valence-corrected chi connectivity index (χ0v) is 12.8. The Morgan fingerprint density at radius 1 is 1.36 bits per heavy atom. The van der Waals surface area contributed by atoms with Gasteiger partial charge in [0, 0.05) is 13.1 Å². The Kier molecular flexibility index (Phi) is 4.24. The number of amides is 1. The van der Waals surface area contributed by atoms with E-state index in [1.165, 1.54) is 0 Å². The number of benzene rings is 1. The quantitative estimate of drug-likeness (QED) is 0.943. The number of β-amino-alcohol motifs (C(OH)–C–C–N with tert-alkyl or cyclic N) is 1. The minimum atomic E-state index is -0.410. The van der Waals surface area contributed by atoms with Gasteiger partial charge in [-0.2, -0.15) is 5.10 Å². The summed E-state index contributed by atoms with van der Waals surface area (Å²) in [5, 5.41) is 14.2. The number of likely N-dealkylation sites (tertiary alicyclic amines) is 1. The van der Waals surface area contributed by atoms with Crippen molar-refractivity contribution < 1.29 is 9.90 Å². The molecule has 1 atom stereocenters. The van der Waals surface area contributed by atoms with Crippen LogP contribution in [0.1, 0.15) is 35.8 Å². The van der Waals surface area contributed by atoms with Gasteiger partial charge in [-0.3, -0.25) is 4.79 Å². The van der Waals surface area contributed by atoms with Crippen LogP contribution in [0, 0.1) is 0 Å². The molecule has 0 aliphatic carbocycles. The number of nitrogens with zero attached hydrogens (tertiary/aromatic N) is 3. The molecule has 0 radical (unpaired) electrons. The van der Waals surface area contributed by atoms with Gasteiger partial charge < -0.3 is 10.0 Å². The summed E-state index contributed by atoms with van der Waals surface area (Å²) in [4.78, 5) is 14.5. The molecule has 1 unspecified atom stereocenters. The Labute approximate surface area is 130 Å². The molecule has 1 aliphatic rings. The van der Waals surface area contributed by atoms with Crippen LogP contribution in [0.3, 0.4) is 0 Å². The van der Waals surface area contributed by atoms with E-state index in [-0.39, 0.29) is 5.91 Å². The summed E-state index contributed by atoms with van der Waals surface area (Å²) in [6, 6.07) is 9.83. The van der Waals surface area contributed by atoms with Crippen molar-refractivity contribution in [2.75, 3.05) is 13.1 Å². The zero-order chi connectivity index (χ0) is 15.5. The van der Waals surface area contributed by atoms with E-state index in [1.54, 1.807) is 11.1 Å². The van der Waals surface area contributed by atoms with Crippen molar-refractivity contribution in [1.29, 1.82) is 0 Å². The highest BCUT2D eigenvalue weighted by Gasteiger charge is 2.26. The Morgan fingerprint density at radius 2 is 2.14 bits per heavy atom. The molecule has 0 bridgehead atoms. The first-order valence-electron chi connectivity index (χ1n) is 7.80. The molecule has 0 spiro atoms. The smallest absolute Gasteiger partial charge is 0.257 e. The second-order valence-corrected chi connectivity index (χ2v) is 5.65. The summed E-state index contributed by atoms with van der Waals surface area (Å²) in [6.45, 7) is 3.15. The van der Waals surface area contributed by atoms with Crippen molar-refractivity contribution in [1.82, 2.24) is 14.7 Å². The first kappa shape index (κ1) is 14.8. The highest BCUT2D eigenvalue weighted by molar-refractivity contribution is 5.95. The van der Waals surface area contributed by atoms with Gasteiger partial charge in [-0.1, -0.05) is 25.1 Å². The standard InChI is InChI=1S/C17H21N3O2/c1-2-16-15(17(22)19-10-6-9-14(21)12-19)11-18-20(16)13-7-4-3-5-8-13/h3-5,7-8,11,14,21H,2,6,9-10,12H2,1H3. The molecule has 2 heterocycles. The third-order valence-electron chi connectivity index (χ3n) is 4.12. The number of aromatic nitrogens is 2. The third-order valence-corrected chi connectivity index (χ3v) is 4.12. The van der Waals surface area contributed by atoms with E-state index in [9.17, 15) is 9.90 Å².